The summed E-state index contributed by atoms with van der Waals surface area (Å²) >= 11 is 4.37. The van der Waals surface area contributed by atoms with Crippen LogP contribution in [0.25, 0.3) is 6.08 Å². The van der Waals surface area contributed by atoms with Crippen LogP contribution in [0, 0.1) is 18.5 Å². The highest BCUT2D eigenvalue weighted by Gasteiger charge is 2.13. The summed E-state index contributed by atoms with van der Waals surface area (Å²) in [5, 5.41) is 12.2. The van der Waals surface area contributed by atoms with E-state index in [0.29, 0.717) is 23.4 Å². The molecule has 0 aliphatic heterocycles. The van der Waals surface area contributed by atoms with Gasteiger partial charge in [-0.05, 0) is 106 Å². The molecular formula is C26H20I2N2O4. The Morgan fingerprint density at radius 1 is 1.03 bits per heavy atom. The minimum atomic E-state index is -0.541. The smallest absolute Gasteiger partial charge is 0.338 e. The number of ether oxygens (including phenoxy) is 2. The molecule has 0 saturated carbocycles. The van der Waals surface area contributed by atoms with Crippen LogP contribution in [-0.4, -0.2) is 18.5 Å². The van der Waals surface area contributed by atoms with Crippen molar-refractivity contribution in [2.75, 3.05) is 11.9 Å². The Hall–Kier alpha value is -2.91. The quantitative estimate of drug-likeness (QED) is 0.133. The van der Waals surface area contributed by atoms with Crippen molar-refractivity contribution in [3.63, 3.8) is 0 Å². The molecule has 0 saturated heterocycles. The van der Waals surface area contributed by atoms with E-state index in [1.54, 1.807) is 31.2 Å². The third-order valence-corrected chi connectivity index (χ3v) is 6.18. The fourth-order valence-corrected chi connectivity index (χ4v) is 5.08. The maximum atomic E-state index is 12.6. The van der Waals surface area contributed by atoms with E-state index in [2.05, 4.69) is 50.5 Å². The SMILES string of the molecule is CCOC(=O)c1ccc(NC(=O)/C(C#N)=C/c2cc(I)c(OCc3ccccc3)c(I)c2)cc1. The molecule has 0 unspecified atom stereocenters. The van der Waals surface area contributed by atoms with Crippen LogP contribution >= 0.6 is 45.2 Å². The topological polar surface area (TPSA) is 88.4 Å². The zero-order valence-corrected chi connectivity index (χ0v) is 22.5. The molecule has 0 fully saturated rings. The van der Waals surface area contributed by atoms with Gasteiger partial charge in [0.25, 0.3) is 5.91 Å². The molecule has 3 aromatic carbocycles. The molecule has 3 rings (SSSR count). The lowest BCUT2D eigenvalue weighted by Gasteiger charge is -2.12. The number of halogens is 2. The highest BCUT2D eigenvalue weighted by atomic mass is 127. The third-order valence-electron chi connectivity index (χ3n) is 4.58. The van der Waals surface area contributed by atoms with Crippen LogP contribution in [0.5, 0.6) is 5.75 Å². The first-order valence-electron chi connectivity index (χ1n) is 10.3. The van der Waals surface area contributed by atoms with E-state index >= 15 is 0 Å². The summed E-state index contributed by atoms with van der Waals surface area (Å²) in [6, 6.07) is 21.9. The normalized spacial score (nSPS) is 10.8. The monoisotopic (exact) mass is 678 g/mol. The molecule has 0 aliphatic carbocycles. The summed E-state index contributed by atoms with van der Waals surface area (Å²) in [7, 11) is 0. The standard InChI is InChI=1S/C26H20I2N2O4/c1-2-33-26(32)19-8-10-21(11-9-19)30-25(31)20(15-29)12-18-13-22(27)24(23(28)14-18)34-16-17-6-4-3-5-7-17/h3-14H,2,16H2,1H3,(H,30,31)/b20-12+. The highest BCUT2D eigenvalue weighted by molar-refractivity contribution is 14.1. The number of benzene rings is 3. The largest absolute Gasteiger partial charge is 0.487 e. The maximum Gasteiger partial charge on any atom is 0.338 e. The third kappa shape index (κ3) is 7.04. The number of anilines is 1. The second kappa shape index (κ2) is 12.5. The van der Waals surface area contributed by atoms with E-state index in [9.17, 15) is 14.9 Å². The van der Waals surface area contributed by atoms with Gasteiger partial charge in [0, 0.05) is 5.69 Å². The lowest BCUT2D eigenvalue weighted by Crippen LogP contribution is -2.13. The van der Waals surface area contributed by atoms with Gasteiger partial charge in [-0.25, -0.2) is 4.79 Å². The Morgan fingerprint density at radius 2 is 1.68 bits per heavy atom. The number of carbonyl (C=O) groups is 2. The van der Waals surface area contributed by atoms with E-state index in [0.717, 1.165) is 18.5 Å². The molecule has 0 aliphatic rings. The Labute approximate surface area is 225 Å². The molecule has 6 nitrogen and oxygen atoms in total. The zero-order chi connectivity index (χ0) is 24.5. The maximum absolute atomic E-state index is 12.6. The van der Waals surface area contributed by atoms with Crippen LogP contribution in [0.3, 0.4) is 0 Å². The van der Waals surface area contributed by atoms with Crippen molar-refractivity contribution in [2.45, 2.75) is 13.5 Å². The fourth-order valence-electron chi connectivity index (χ4n) is 2.95. The van der Waals surface area contributed by atoms with E-state index in [4.69, 9.17) is 9.47 Å². The van der Waals surface area contributed by atoms with Crippen LogP contribution in [0.15, 0.2) is 72.3 Å². The number of nitrogens with one attached hydrogen (secondary N) is 1. The summed E-state index contributed by atoms with van der Waals surface area (Å²) in [6.45, 7) is 2.46. The molecule has 0 spiro atoms. The fraction of sp³-hybridized carbons (Fsp3) is 0.115. The first kappa shape index (κ1) is 25.7. The first-order valence-corrected chi connectivity index (χ1v) is 12.4. The van der Waals surface area contributed by atoms with Crippen molar-refractivity contribution in [2.24, 2.45) is 0 Å². The minimum absolute atomic E-state index is 0.0426. The first-order chi connectivity index (χ1) is 16.4. The van der Waals surface area contributed by atoms with Crippen LogP contribution in [0.1, 0.15) is 28.4 Å². The van der Waals surface area contributed by atoms with E-state index in [1.807, 2.05) is 48.5 Å². The summed E-state index contributed by atoms with van der Waals surface area (Å²) < 4.78 is 12.7. The number of nitrogens with zero attached hydrogens (tertiary/aromatic N) is 1. The van der Waals surface area contributed by atoms with Gasteiger partial charge in [-0.15, -0.1) is 0 Å². The van der Waals surface area contributed by atoms with Crippen LogP contribution in [-0.2, 0) is 16.1 Å². The van der Waals surface area contributed by atoms with Gasteiger partial charge >= 0.3 is 5.97 Å². The van der Waals surface area contributed by atoms with Gasteiger partial charge < -0.3 is 14.8 Å². The molecule has 0 bridgehead atoms. The van der Waals surface area contributed by atoms with Gasteiger partial charge in [0.2, 0.25) is 0 Å². The van der Waals surface area contributed by atoms with Crippen molar-refractivity contribution in [3.05, 3.63) is 96.1 Å². The number of amides is 1. The molecule has 1 N–H and O–H groups in total. The summed E-state index contributed by atoms with van der Waals surface area (Å²) in [4.78, 5) is 24.4. The molecule has 0 aromatic heterocycles. The van der Waals surface area contributed by atoms with Crippen molar-refractivity contribution in [3.8, 4) is 11.8 Å². The summed E-state index contributed by atoms with van der Waals surface area (Å²) in [6.07, 6.45) is 1.54. The molecule has 34 heavy (non-hydrogen) atoms. The molecule has 0 radical (unpaired) electrons. The number of esters is 1. The van der Waals surface area contributed by atoms with Crippen LogP contribution in [0.4, 0.5) is 5.69 Å². The Morgan fingerprint density at radius 3 is 2.26 bits per heavy atom. The minimum Gasteiger partial charge on any atom is -0.487 e. The zero-order valence-electron chi connectivity index (χ0n) is 18.2. The predicted octanol–water partition coefficient (Wildman–Crippen LogP) is 6.20. The molecule has 0 atom stereocenters. The number of carbonyl (C=O) groups excluding carboxylic acids is 2. The Bertz CT molecular complexity index is 1230. The molecular weight excluding hydrogens is 658 g/mol. The van der Waals surface area contributed by atoms with Crippen molar-refractivity contribution < 1.29 is 19.1 Å². The molecule has 1 amide bonds. The molecule has 0 heterocycles. The van der Waals surface area contributed by atoms with Gasteiger partial charge in [-0.3, -0.25) is 4.79 Å². The molecule has 172 valence electrons. The second-order valence-corrected chi connectivity index (χ2v) is 9.33. The van der Waals surface area contributed by atoms with E-state index in [1.165, 1.54) is 6.08 Å². The highest BCUT2D eigenvalue weighted by Crippen LogP contribution is 2.30. The second-order valence-electron chi connectivity index (χ2n) is 7.01. The summed E-state index contributed by atoms with van der Waals surface area (Å²) in [5.74, 6) is -0.217. The van der Waals surface area contributed by atoms with Gasteiger partial charge in [0.05, 0.1) is 19.3 Å². The van der Waals surface area contributed by atoms with E-state index < -0.39 is 11.9 Å². The van der Waals surface area contributed by atoms with Gasteiger partial charge in [0.1, 0.15) is 24.0 Å². The lowest BCUT2D eigenvalue weighted by molar-refractivity contribution is -0.112. The van der Waals surface area contributed by atoms with Crippen LogP contribution in [0.2, 0.25) is 0 Å². The average Bonchev–Trinajstić information content (AvgIpc) is 2.83. The molecule has 3 aromatic rings. The number of hydrogen-bond donors (Lipinski definition) is 1. The van der Waals surface area contributed by atoms with Gasteiger partial charge in [-0.2, -0.15) is 5.26 Å². The average molecular weight is 678 g/mol. The predicted molar refractivity (Wildman–Crippen MR) is 147 cm³/mol. The van der Waals surface area contributed by atoms with Crippen molar-refractivity contribution in [1.82, 2.24) is 0 Å². The molecule has 8 heteroatoms. The Kier molecular flexibility index (Phi) is 9.47. The Balaban J connectivity index is 1.72. The number of nitriles is 1. The van der Waals surface area contributed by atoms with E-state index in [-0.39, 0.29) is 12.2 Å². The van der Waals surface area contributed by atoms with Gasteiger partial charge in [0.15, 0.2) is 0 Å². The van der Waals surface area contributed by atoms with Crippen molar-refractivity contribution >= 4 is 68.8 Å². The van der Waals surface area contributed by atoms with Gasteiger partial charge in [-0.1, -0.05) is 30.3 Å². The lowest BCUT2D eigenvalue weighted by atomic mass is 10.1. The number of rotatable bonds is 8. The van der Waals surface area contributed by atoms with Crippen molar-refractivity contribution in [1.29, 1.82) is 5.26 Å². The summed E-state index contributed by atoms with van der Waals surface area (Å²) in [5.41, 5.74) is 2.59. The van der Waals surface area contributed by atoms with Crippen LogP contribution < -0.4 is 10.1 Å². The number of hydrogen-bond acceptors (Lipinski definition) is 5.